The third kappa shape index (κ3) is 2.95. The van der Waals surface area contributed by atoms with E-state index in [0.717, 1.165) is 29.3 Å². The van der Waals surface area contributed by atoms with Crippen LogP contribution >= 0.6 is 0 Å². The van der Waals surface area contributed by atoms with E-state index in [2.05, 4.69) is 16.8 Å². The number of piperidine rings is 1. The number of carbonyl (C=O) groups is 1. The lowest BCUT2D eigenvalue weighted by Gasteiger charge is -2.37. The van der Waals surface area contributed by atoms with Gasteiger partial charge < -0.3 is 5.73 Å². The van der Waals surface area contributed by atoms with Gasteiger partial charge in [-0.05, 0) is 43.5 Å². The summed E-state index contributed by atoms with van der Waals surface area (Å²) < 4.78 is 13.8. The second-order valence-electron chi connectivity index (χ2n) is 6.10. The van der Waals surface area contributed by atoms with Crippen LogP contribution in [0.15, 0.2) is 30.5 Å². The Morgan fingerprint density at radius 3 is 3.05 bits per heavy atom. The van der Waals surface area contributed by atoms with E-state index in [1.807, 2.05) is 6.07 Å². The predicted molar refractivity (Wildman–Crippen MR) is 83.5 cm³/mol. The summed E-state index contributed by atoms with van der Waals surface area (Å²) in [4.78, 5) is 18.0. The number of aromatic nitrogens is 1. The van der Waals surface area contributed by atoms with Crippen LogP contribution in [0.3, 0.4) is 0 Å². The summed E-state index contributed by atoms with van der Waals surface area (Å²) in [5.41, 5.74) is 7.12. The van der Waals surface area contributed by atoms with Crippen LogP contribution < -0.4 is 5.73 Å². The van der Waals surface area contributed by atoms with Crippen molar-refractivity contribution in [3.8, 4) is 0 Å². The van der Waals surface area contributed by atoms with E-state index < -0.39 is 0 Å². The van der Waals surface area contributed by atoms with Crippen molar-refractivity contribution in [1.29, 1.82) is 0 Å². The Labute approximate surface area is 129 Å². The highest BCUT2D eigenvalue weighted by Gasteiger charge is 2.29. The van der Waals surface area contributed by atoms with Crippen molar-refractivity contribution < 1.29 is 9.18 Å². The van der Waals surface area contributed by atoms with E-state index >= 15 is 0 Å². The Bertz CT molecular complexity index is 703. The van der Waals surface area contributed by atoms with Crippen LogP contribution in [0.5, 0.6) is 0 Å². The number of halogens is 1. The van der Waals surface area contributed by atoms with E-state index in [1.54, 1.807) is 12.3 Å². The van der Waals surface area contributed by atoms with Gasteiger partial charge in [0.25, 0.3) is 0 Å². The lowest BCUT2D eigenvalue weighted by atomic mass is 9.92. The molecule has 1 aromatic heterocycles. The summed E-state index contributed by atoms with van der Waals surface area (Å²) >= 11 is 0. The van der Waals surface area contributed by atoms with E-state index in [0.29, 0.717) is 19.1 Å². The lowest BCUT2D eigenvalue weighted by molar-refractivity contribution is -0.124. The van der Waals surface area contributed by atoms with Crippen molar-refractivity contribution >= 4 is 16.8 Å². The first-order valence-corrected chi connectivity index (χ1v) is 7.61. The number of hydrogen-bond acceptors (Lipinski definition) is 3. The molecule has 22 heavy (non-hydrogen) atoms. The summed E-state index contributed by atoms with van der Waals surface area (Å²) in [5, 5.41) is 0.800. The van der Waals surface area contributed by atoms with E-state index in [9.17, 15) is 9.18 Å². The number of fused-ring (bicyclic) bond motifs is 1. The standard InChI is InChI=1S/C17H20FN3O/c1-11-4-5-13(17(19)22)9-21(11)10-14-8-15(18)7-12-3-2-6-20-16(12)14/h2-3,6-8,11,13H,4-5,9-10H2,1H3,(H2,19,22)/t11-,13-/m1/s1. The molecule has 1 aromatic carbocycles. The van der Waals surface area contributed by atoms with E-state index in [4.69, 9.17) is 5.73 Å². The Kier molecular flexibility index (Phi) is 4.07. The molecule has 1 aliphatic rings. The number of benzene rings is 1. The first-order valence-electron chi connectivity index (χ1n) is 7.61. The Hall–Kier alpha value is -2.01. The zero-order valence-electron chi connectivity index (χ0n) is 12.6. The summed E-state index contributed by atoms with van der Waals surface area (Å²) in [6.07, 6.45) is 3.47. The molecule has 116 valence electrons. The lowest BCUT2D eigenvalue weighted by Crippen LogP contribution is -2.45. The maximum absolute atomic E-state index is 13.8. The van der Waals surface area contributed by atoms with Crippen LogP contribution in [0.25, 0.3) is 10.9 Å². The highest BCUT2D eigenvalue weighted by atomic mass is 19.1. The number of likely N-dealkylation sites (tertiary alicyclic amines) is 1. The fourth-order valence-corrected chi connectivity index (χ4v) is 3.20. The Morgan fingerprint density at radius 1 is 1.45 bits per heavy atom. The molecule has 2 atom stereocenters. The molecule has 2 heterocycles. The van der Waals surface area contributed by atoms with Gasteiger partial charge in [-0.1, -0.05) is 6.07 Å². The van der Waals surface area contributed by atoms with Gasteiger partial charge >= 0.3 is 0 Å². The molecule has 2 N–H and O–H groups in total. The second-order valence-corrected chi connectivity index (χ2v) is 6.10. The van der Waals surface area contributed by atoms with Crippen molar-refractivity contribution in [1.82, 2.24) is 9.88 Å². The first kappa shape index (κ1) is 14.9. The molecule has 4 nitrogen and oxygen atoms in total. The van der Waals surface area contributed by atoms with Gasteiger partial charge in [0.2, 0.25) is 5.91 Å². The van der Waals surface area contributed by atoms with Gasteiger partial charge in [-0.3, -0.25) is 14.7 Å². The fourth-order valence-electron chi connectivity index (χ4n) is 3.20. The minimum absolute atomic E-state index is 0.121. The van der Waals surface area contributed by atoms with Crippen molar-refractivity contribution in [2.24, 2.45) is 11.7 Å². The zero-order valence-corrected chi connectivity index (χ0v) is 12.6. The van der Waals surface area contributed by atoms with Gasteiger partial charge in [0.05, 0.1) is 11.4 Å². The number of pyridine rings is 1. The van der Waals surface area contributed by atoms with Gasteiger partial charge in [-0.15, -0.1) is 0 Å². The third-order valence-corrected chi connectivity index (χ3v) is 4.54. The molecular formula is C17H20FN3O. The third-order valence-electron chi connectivity index (χ3n) is 4.54. The Balaban J connectivity index is 1.90. The summed E-state index contributed by atoms with van der Waals surface area (Å²) in [7, 11) is 0. The smallest absolute Gasteiger partial charge is 0.221 e. The number of hydrogen-bond donors (Lipinski definition) is 1. The molecule has 3 rings (SSSR count). The molecule has 1 amide bonds. The van der Waals surface area contributed by atoms with Crippen molar-refractivity contribution in [3.05, 3.63) is 41.8 Å². The summed E-state index contributed by atoms with van der Waals surface area (Å²) in [5.74, 6) is -0.630. The van der Waals surface area contributed by atoms with Crippen LogP contribution in [0.4, 0.5) is 4.39 Å². The highest BCUT2D eigenvalue weighted by molar-refractivity contribution is 5.81. The number of nitrogens with two attached hydrogens (primary N) is 1. The number of primary amides is 1. The highest BCUT2D eigenvalue weighted by Crippen LogP contribution is 2.26. The van der Waals surface area contributed by atoms with Crippen LogP contribution in [0.1, 0.15) is 25.3 Å². The molecule has 1 saturated heterocycles. The number of carbonyl (C=O) groups excluding carboxylic acids is 1. The first-order chi connectivity index (χ1) is 10.5. The zero-order chi connectivity index (χ0) is 15.7. The van der Waals surface area contributed by atoms with Crippen LogP contribution in [0.2, 0.25) is 0 Å². The molecule has 0 saturated carbocycles. The van der Waals surface area contributed by atoms with Gasteiger partial charge in [0.15, 0.2) is 0 Å². The molecule has 0 unspecified atom stereocenters. The summed E-state index contributed by atoms with van der Waals surface area (Å²) in [6, 6.07) is 7.05. The van der Waals surface area contributed by atoms with E-state index in [1.165, 1.54) is 12.1 Å². The topological polar surface area (TPSA) is 59.2 Å². The second kappa shape index (κ2) is 6.01. The van der Waals surface area contributed by atoms with Gasteiger partial charge in [-0.25, -0.2) is 4.39 Å². The molecule has 0 aliphatic carbocycles. The van der Waals surface area contributed by atoms with Crippen molar-refractivity contribution in [2.45, 2.75) is 32.4 Å². The number of nitrogens with zero attached hydrogens (tertiary/aromatic N) is 2. The van der Waals surface area contributed by atoms with Gasteiger partial charge in [-0.2, -0.15) is 0 Å². The van der Waals surface area contributed by atoms with Gasteiger partial charge in [0, 0.05) is 30.7 Å². The van der Waals surface area contributed by atoms with Crippen LogP contribution in [0, 0.1) is 11.7 Å². The molecule has 0 radical (unpaired) electrons. The normalized spacial score (nSPS) is 22.8. The predicted octanol–water partition coefficient (Wildman–Crippen LogP) is 2.46. The largest absolute Gasteiger partial charge is 0.369 e. The van der Waals surface area contributed by atoms with Crippen LogP contribution in [-0.2, 0) is 11.3 Å². The molecular weight excluding hydrogens is 281 g/mol. The number of rotatable bonds is 3. The molecule has 5 heteroatoms. The monoisotopic (exact) mass is 301 g/mol. The maximum atomic E-state index is 13.8. The number of amides is 1. The minimum atomic E-state index is -0.258. The molecule has 1 aliphatic heterocycles. The molecule has 2 aromatic rings. The molecule has 0 spiro atoms. The average molecular weight is 301 g/mol. The van der Waals surface area contributed by atoms with Crippen molar-refractivity contribution in [3.63, 3.8) is 0 Å². The fraction of sp³-hybridized carbons (Fsp3) is 0.412. The Morgan fingerprint density at radius 2 is 2.27 bits per heavy atom. The summed E-state index contributed by atoms with van der Waals surface area (Å²) in [6.45, 7) is 3.34. The van der Waals surface area contributed by atoms with Gasteiger partial charge in [0.1, 0.15) is 5.82 Å². The van der Waals surface area contributed by atoms with E-state index in [-0.39, 0.29) is 17.6 Å². The quantitative estimate of drug-likeness (QED) is 0.947. The molecule has 1 fully saturated rings. The average Bonchev–Trinajstić information content (AvgIpc) is 2.49. The minimum Gasteiger partial charge on any atom is -0.369 e. The SMILES string of the molecule is C[C@@H]1CC[C@@H](C(N)=O)CN1Cc1cc(F)cc2cccnc12. The van der Waals surface area contributed by atoms with Crippen molar-refractivity contribution in [2.75, 3.05) is 6.54 Å². The molecule has 0 bridgehead atoms. The van der Waals surface area contributed by atoms with Crippen LogP contribution in [-0.4, -0.2) is 28.4 Å². The maximum Gasteiger partial charge on any atom is 0.221 e.